The van der Waals surface area contributed by atoms with Crippen LogP contribution in [0.1, 0.15) is 11.3 Å². The molecular weight excluding hydrogens is 264 g/mol. The van der Waals surface area contributed by atoms with Crippen molar-refractivity contribution in [3.8, 4) is 0 Å². The smallest absolute Gasteiger partial charge is 0.337 e. The summed E-state index contributed by atoms with van der Waals surface area (Å²) in [6.45, 7) is 0.239. The molecule has 1 saturated heterocycles. The van der Waals surface area contributed by atoms with Gasteiger partial charge in [-0.2, -0.15) is 12.7 Å². The minimum absolute atomic E-state index is 0.230. The van der Waals surface area contributed by atoms with Gasteiger partial charge in [0.1, 0.15) is 0 Å². The lowest BCUT2D eigenvalue weighted by atomic mass is 10.2. The Morgan fingerprint density at radius 2 is 2.41 bits per heavy atom. The first-order valence-corrected chi connectivity index (χ1v) is 7.30. The summed E-state index contributed by atoms with van der Waals surface area (Å²) in [5.74, 6) is -0.245. The molecule has 2 rings (SSSR count). The number of hydrogen-bond donors (Lipinski definition) is 2. The number of thiophene rings is 1. The van der Waals surface area contributed by atoms with E-state index in [0.29, 0.717) is 6.42 Å². The zero-order chi connectivity index (χ0) is 12.5. The molecule has 1 aliphatic heterocycles. The molecule has 1 fully saturated rings. The van der Waals surface area contributed by atoms with E-state index < -0.39 is 16.5 Å². The maximum absolute atomic E-state index is 11.6. The van der Waals surface area contributed by atoms with E-state index in [4.69, 9.17) is 4.55 Å². The van der Waals surface area contributed by atoms with E-state index in [0.717, 1.165) is 9.18 Å². The fourth-order valence-corrected chi connectivity index (χ4v) is 3.11. The van der Waals surface area contributed by atoms with Crippen LogP contribution in [0.5, 0.6) is 0 Å². The Bertz CT molecular complexity index is 497. The molecule has 0 aliphatic carbocycles. The van der Waals surface area contributed by atoms with Crippen molar-refractivity contribution in [2.75, 3.05) is 6.54 Å². The van der Waals surface area contributed by atoms with Crippen molar-refractivity contribution in [2.24, 2.45) is 0 Å². The van der Waals surface area contributed by atoms with Crippen LogP contribution in [0.15, 0.2) is 17.5 Å². The summed E-state index contributed by atoms with van der Waals surface area (Å²) < 4.78 is 31.4. The van der Waals surface area contributed by atoms with Gasteiger partial charge in [-0.25, -0.2) is 0 Å². The van der Waals surface area contributed by atoms with Crippen molar-refractivity contribution in [2.45, 2.75) is 19.0 Å². The van der Waals surface area contributed by atoms with Crippen LogP contribution < -0.4 is 5.32 Å². The molecule has 1 aromatic heterocycles. The van der Waals surface area contributed by atoms with Gasteiger partial charge < -0.3 is 5.32 Å². The van der Waals surface area contributed by atoms with E-state index in [1.165, 1.54) is 11.3 Å². The lowest BCUT2D eigenvalue weighted by molar-refractivity contribution is -0.122. The summed E-state index contributed by atoms with van der Waals surface area (Å²) in [4.78, 5) is 12.5. The summed E-state index contributed by atoms with van der Waals surface area (Å²) in [5.41, 5.74) is 0. The Kier molecular flexibility index (Phi) is 3.48. The van der Waals surface area contributed by atoms with Gasteiger partial charge >= 0.3 is 10.3 Å². The topological polar surface area (TPSA) is 86.7 Å². The fourth-order valence-electron chi connectivity index (χ4n) is 1.59. The summed E-state index contributed by atoms with van der Waals surface area (Å²) in [7, 11) is -4.20. The third kappa shape index (κ3) is 3.03. The second-order valence-electron chi connectivity index (χ2n) is 3.72. The quantitative estimate of drug-likeness (QED) is 0.771. The van der Waals surface area contributed by atoms with Gasteiger partial charge in [-0.15, -0.1) is 11.3 Å². The third-order valence-corrected chi connectivity index (χ3v) is 4.42. The van der Waals surface area contributed by atoms with Gasteiger partial charge in [0.25, 0.3) is 0 Å². The Balaban J connectivity index is 1.88. The second kappa shape index (κ2) is 4.73. The van der Waals surface area contributed by atoms with E-state index >= 15 is 0 Å². The minimum Gasteiger partial charge on any atom is -0.339 e. The summed E-state index contributed by atoms with van der Waals surface area (Å²) in [6, 6.07) is 3.69. The monoisotopic (exact) mass is 276 g/mol. The average molecular weight is 276 g/mol. The summed E-state index contributed by atoms with van der Waals surface area (Å²) >= 11 is 1.47. The van der Waals surface area contributed by atoms with Crippen LogP contribution in [-0.2, 0) is 21.5 Å². The maximum Gasteiger partial charge on any atom is 0.337 e. The number of nitrogens with zero attached hydrogens (tertiary/aromatic N) is 1. The van der Waals surface area contributed by atoms with Crippen LogP contribution >= 0.6 is 11.3 Å². The first-order valence-electron chi connectivity index (χ1n) is 5.03. The standard InChI is InChI=1S/C9H12N2O4S2/c12-9(6-7-2-1-5-16-7)10-8-3-4-11(8)17(13,14)15/h1-2,5,8H,3-4,6H2,(H,10,12)(H,13,14,15). The number of rotatable bonds is 4. The molecule has 0 bridgehead atoms. The number of nitrogens with one attached hydrogen (secondary N) is 1. The van der Waals surface area contributed by atoms with Gasteiger partial charge in [0.2, 0.25) is 5.91 Å². The van der Waals surface area contributed by atoms with Gasteiger partial charge in [-0.1, -0.05) is 6.07 Å². The van der Waals surface area contributed by atoms with Crippen LogP contribution in [0.25, 0.3) is 0 Å². The van der Waals surface area contributed by atoms with Crippen LogP contribution in [-0.4, -0.2) is 35.9 Å². The highest BCUT2D eigenvalue weighted by Gasteiger charge is 2.37. The Hall–Kier alpha value is -0.960. The van der Waals surface area contributed by atoms with Crippen molar-refractivity contribution in [1.29, 1.82) is 0 Å². The Morgan fingerprint density at radius 3 is 2.88 bits per heavy atom. The van der Waals surface area contributed by atoms with E-state index in [2.05, 4.69) is 5.32 Å². The van der Waals surface area contributed by atoms with Crippen LogP contribution in [0.3, 0.4) is 0 Å². The van der Waals surface area contributed by atoms with E-state index in [9.17, 15) is 13.2 Å². The van der Waals surface area contributed by atoms with Crippen molar-refractivity contribution in [1.82, 2.24) is 9.62 Å². The van der Waals surface area contributed by atoms with Gasteiger partial charge in [-0.05, 0) is 17.9 Å². The van der Waals surface area contributed by atoms with E-state index in [1.807, 2.05) is 17.5 Å². The molecule has 8 heteroatoms. The molecular formula is C9H12N2O4S2. The zero-order valence-corrected chi connectivity index (χ0v) is 10.5. The summed E-state index contributed by atoms with van der Waals surface area (Å²) in [6.07, 6.45) is 0.140. The van der Waals surface area contributed by atoms with Crippen LogP contribution in [0.2, 0.25) is 0 Å². The molecule has 1 aromatic rings. The normalized spacial score (nSPS) is 20.9. The predicted octanol–water partition coefficient (Wildman–Crippen LogP) is 0.241. The van der Waals surface area contributed by atoms with Crippen molar-refractivity contribution in [3.63, 3.8) is 0 Å². The highest BCUT2D eigenvalue weighted by atomic mass is 32.2. The molecule has 0 aromatic carbocycles. The number of hydrogen-bond acceptors (Lipinski definition) is 4. The summed E-state index contributed by atoms with van der Waals surface area (Å²) in [5, 5.41) is 4.44. The molecule has 2 N–H and O–H groups in total. The largest absolute Gasteiger partial charge is 0.339 e. The number of amides is 1. The maximum atomic E-state index is 11.6. The lowest BCUT2D eigenvalue weighted by Crippen LogP contribution is -2.59. The van der Waals surface area contributed by atoms with Crippen molar-refractivity contribution < 1.29 is 17.8 Å². The molecule has 17 heavy (non-hydrogen) atoms. The molecule has 1 unspecified atom stereocenters. The van der Waals surface area contributed by atoms with Gasteiger partial charge in [-0.3, -0.25) is 9.35 Å². The van der Waals surface area contributed by atoms with Gasteiger partial charge in [0.05, 0.1) is 12.6 Å². The van der Waals surface area contributed by atoms with E-state index in [-0.39, 0.29) is 18.9 Å². The molecule has 1 atom stereocenters. The molecule has 0 radical (unpaired) electrons. The number of carbonyl (C=O) groups is 1. The minimum atomic E-state index is -4.20. The Morgan fingerprint density at radius 1 is 1.65 bits per heavy atom. The second-order valence-corrected chi connectivity index (χ2v) is 6.11. The predicted molar refractivity (Wildman–Crippen MR) is 62.8 cm³/mol. The molecule has 0 spiro atoms. The number of carbonyl (C=O) groups excluding carboxylic acids is 1. The molecule has 1 amide bonds. The third-order valence-electron chi connectivity index (χ3n) is 2.51. The van der Waals surface area contributed by atoms with Crippen LogP contribution in [0, 0.1) is 0 Å². The van der Waals surface area contributed by atoms with Crippen LogP contribution in [0.4, 0.5) is 0 Å². The van der Waals surface area contributed by atoms with Crippen molar-refractivity contribution >= 4 is 27.5 Å². The fraction of sp³-hybridized carbons (Fsp3) is 0.444. The average Bonchev–Trinajstić information content (AvgIpc) is 2.62. The molecule has 94 valence electrons. The van der Waals surface area contributed by atoms with Gasteiger partial charge in [0, 0.05) is 11.4 Å². The SMILES string of the molecule is O=C(Cc1cccs1)NC1CCN1S(=O)(=O)O. The first kappa shape index (κ1) is 12.5. The van der Waals surface area contributed by atoms with Gasteiger partial charge in [0.15, 0.2) is 0 Å². The Labute approximate surface area is 103 Å². The highest BCUT2D eigenvalue weighted by Crippen LogP contribution is 2.18. The van der Waals surface area contributed by atoms with Crippen molar-refractivity contribution in [3.05, 3.63) is 22.4 Å². The molecule has 0 saturated carbocycles. The molecule has 1 aliphatic rings. The highest BCUT2D eigenvalue weighted by molar-refractivity contribution is 7.83. The zero-order valence-electron chi connectivity index (χ0n) is 8.87. The van der Waals surface area contributed by atoms with E-state index in [1.54, 1.807) is 0 Å². The molecule has 6 nitrogen and oxygen atoms in total. The lowest BCUT2D eigenvalue weighted by Gasteiger charge is -2.37. The molecule has 2 heterocycles. The first-order chi connectivity index (χ1) is 7.97.